The van der Waals surface area contributed by atoms with Gasteiger partial charge in [0.2, 0.25) is 0 Å². The fourth-order valence-corrected chi connectivity index (χ4v) is 4.07. The summed E-state index contributed by atoms with van der Waals surface area (Å²) in [4.78, 5) is 6.59. The molecular formula is C21H20BrN3O2S. The number of thiocarbonyl (C=S) groups is 1. The number of aliphatic hydroxyl groups is 1. The van der Waals surface area contributed by atoms with E-state index in [0.717, 1.165) is 27.3 Å². The number of hydrogen-bond acceptors (Lipinski definition) is 4. The van der Waals surface area contributed by atoms with E-state index >= 15 is 0 Å². The van der Waals surface area contributed by atoms with Gasteiger partial charge in [-0.3, -0.25) is 4.98 Å². The number of aliphatic hydroxyl groups excluding tert-OH is 1. The van der Waals surface area contributed by atoms with Crippen molar-refractivity contribution in [3.63, 3.8) is 0 Å². The first-order chi connectivity index (χ1) is 13.7. The molecule has 0 amide bonds. The van der Waals surface area contributed by atoms with Crippen molar-refractivity contribution in [1.82, 2.24) is 15.2 Å². The van der Waals surface area contributed by atoms with E-state index in [1.165, 1.54) is 0 Å². The van der Waals surface area contributed by atoms with Gasteiger partial charge >= 0.3 is 0 Å². The van der Waals surface area contributed by atoms with Gasteiger partial charge in [0.15, 0.2) is 5.11 Å². The summed E-state index contributed by atoms with van der Waals surface area (Å²) in [6.07, 6.45) is 2.41. The molecule has 0 saturated carbocycles. The number of nitrogens with zero attached hydrogens (tertiary/aromatic N) is 2. The van der Waals surface area contributed by atoms with Gasteiger partial charge in [0, 0.05) is 29.4 Å². The summed E-state index contributed by atoms with van der Waals surface area (Å²) in [5, 5.41) is 13.3. The van der Waals surface area contributed by atoms with Crippen molar-refractivity contribution in [2.45, 2.75) is 18.5 Å². The minimum absolute atomic E-state index is 0.113. The summed E-state index contributed by atoms with van der Waals surface area (Å²) in [6, 6.07) is 17.6. The molecule has 0 spiro atoms. The highest BCUT2D eigenvalue weighted by Gasteiger charge is 2.41. The molecule has 2 atom stereocenters. The number of furan rings is 1. The van der Waals surface area contributed by atoms with Crippen molar-refractivity contribution in [3.05, 3.63) is 76.7 Å². The molecule has 2 unspecified atom stereocenters. The first-order valence-corrected chi connectivity index (χ1v) is 10.3. The topological polar surface area (TPSA) is 61.5 Å². The van der Waals surface area contributed by atoms with Gasteiger partial charge in [-0.2, -0.15) is 0 Å². The van der Waals surface area contributed by atoms with Gasteiger partial charge in [0.1, 0.15) is 17.6 Å². The molecule has 1 aromatic carbocycles. The molecule has 3 aromatic rings. The highest BCUT2D eigenvalue weighted by Crippen LogP contribution is 2.40. The maximum Gasteiger partial charge on any atom is 0.170 e. The summed E-state index contributed by atoms with van der Waals surface area (Å²) in [7, 11) is 0. The quantitative estimate of drug-likeness (QED) is 0.532. The first kappa shape index (κ1) is 19.1. The predicted octanol–water partition coefficient (Wildman–Crippen LogP) is 4.46. The van der Waals surface area contributed by atoms with Crippen molar-refractivity contribution < 1.29 is 9.52 Å². The summed E-state index contributed by atoms with van der Waals surface area (Å²) in [6.45, 7) is 0.757. The van der Waals surface area contributed by atoms with Crippen LogP contribution in [0.15, 0.2) is 69.7 Å². The first-order valence-electron chi connectivity index (χ1n) is 9.12. The van der Waals surface area contributed by atoms with Gasteiger partial charge in [-0.25, -0.2) is 0 Å². The number of aromatic nitrogens is 1. The van der Waals surface area contributed by atoms with Crippen LogP contribution in [0.5, 0.6) is 0 Å². The second-order valence-electron chi connectivity index (χ2n) is 6.61. The third-order valence-electron chi connectivity index (χ3n) is 4.80. The van der Waals surface area contributed by atoms with E-state index in [1.54, 1.807) is 6.20 Å². The highest BCUT2D eigenvalue weighted by molar-refractivity contribution is 9.10. The monoisotopic (exact) mass is 457 g/mol. The lowest BCUT2D eigenvalue weighted by molar-refractivity contribution is 0.233. The molecule has 2 aromatic heterocycles. The molecular weight excluding hydrogens is 438 g/mol. The van der Waals surface area contributed by atoms with E-state index in [4.69, 9.17) is 16.6 Å². The van der Waals surface area contributed by atoms with Gasteiger partial charge in [-0.1, -0.05) is 34.1 Å². The van der Waals surface area contributed by atoms with E-state index in [9.17, 15) is 5.11 Å². The Morgan fingerprint density at radius 3 is 2.68 bits per heavy atom. The minimum atomic E-state index is -0.127. The fourth-order valence-electron chi connectivity index (χ4n) is 3.48. The van der Waals surface area contributed by atoms with Crippen LogP contribution in [0.25, 0.3) is 11.3 Å². The SMILES string of the molecule is OCCCN1C(=S)NC(c2ccccn2)C1c1ccc(-c2ccc(Br)cc2)o1. The third kappa shape index (κ3) is 3.83. The second kappa shape index (κ2) is 8.43. The predicted molar refractivity (Wildman–Crippen MR) is 116 cm³/mol. The molecule has 1 aliphatic rings. The molecule has 3 heterocycles. The number of hydrogen-bond donors (Lipinski definition) is 2. The molecule has 1 aliphatic heterocycles. The van der Waals surface area contributed by atoms with Gasteiger partial charge < -0.3 is 19.7 Å². The van der Waals surface area contributed by atoms with Crippen LogP contribution < -0.4 is 5.32 Å². The van der Waals surface area contributed by atoms with E-state index in [1.807, 2.05) is 54.6 Å². The fraction of sp³-hybridized carbons (Fsp3) is 0.238. The van der Waals surface area contributed by atoms with Crippen LogP contribution in [0.4, 0.5) is 0 Å². The molecule has 4 rings (SSSR count). The number of halogens is 1. The third-order valence-corrected chi connectivity index (χ3v) is 5.68. The average Bonchev–Trinajstić information content (AvgIpc) is 3.32. The zero-order valence-corrected chi connectivity index (χ0v) is 17.5. The Morgan fingerprint density at radius 2 is 1.96 bits per heavy atom. The largest absolute Gasteiger partial charge is 0.459 e. The van der Waals surface area contributed by atoms with Crippen molar-refractivity contribution in [2.75, 3.05) is 13.2 Å². The molecule has 0 aliphatic carbocycles. The van der Waals surface area contributed by atoms with Crippen molar-refractivity contribution in [1.29, 1.82) is 0 Å². The van der Waals surface area contributed by atoms with Crippen LogP contribution in [-0.4, -0.2) is 33.3 Å². The lowest BCUT2D eigenvalue weighted by atomic mass is 10.0. The summed E-state index contributed by atoms with van der Waals surface area (Å²) < 4.78 is 7.28. The second-order valence-corrected chi connectivity index (χ2v) is 7.91. The van der Waals surface area contributed by atoms with E-state index in [2.05, 4.69) is 31.1 Å². The molecule has 144 valence electrons. The van der Waals surface area contributed by atoms with Crippen LogP contribution in [0.3, 0.4) is 0 Å². The van der Waals surface area contributed by atoms with Gasteiger partial charge in [0.25, 0.3) is 0 Å². The van der Waals surface area contributed by atoms with E-state index in [0.29, 0.717) is 18.1 Å². The van der Waals surface area contributed by atoms with Gasteiger partial charge in [0.05, 0.1) is 11.7 Å². The van der Waals surface area contributed by atoms with Gasteiger partial charge in [-0.15, -0.1) is 0 Å². The molecule has 5 nitrogen and oxygen atoms in total. The number of nitrogens with one attached hydrogen (secondary N) is 1. The summed E-state index contributed by atoms with van der Waals surface area (Å²) >= 11 is 9.04. The van der Waals surface area contributed by atoms with Gasteiger partial charge in [-0.05, 0) is 55.0 Å². The Morgan fingerprint density at radius 1 is 1.14 bits per heavy atom. The summed E-state index contributed by atoms with van der Waals surface area (Å²) in [5.41, 5.74) is 1.92. The molecule has 1 fully saturated rings. The number of rotatable bonds is 6. The van der Waals surface area contributed by atoms with Crippen molar-refractivity contribution in [3.8, 4) is 11.3 Å². The normalized spacial score (nSPS) is 19.1. The molecule has 0 bridgehead atoms. The lowest BCUT2D eigenvalue weighted by Gasteiger charge is -2.25. The Hall–Kier alpha value is -2.22. The van der Waals surface area contributed by atoms with Crippen LogP contribution >= 0.6 is 28.1 Å². The lowest BCUT2D eigenvalue weighted by Crippen LogP contribution is -2.30. The smallest absolute Gasteiger partial charge is 0.170 e. The molecule has 2 N–H and O–H groups in total. The maximum absolute atomic E-state index is 9.30. The minimum Gasteiger partial charge on any atom is -0.459 e. The average molecular weight is 458 g/mol. The van der Waals surface area contributed by atoms with Crippen LogP contribution in [0, 0.1) is 0 Å². The van der Waals surface area contributed by atoms with Crippen molar-refractivity contribution >= 4 is 33.3 Å². The van der Waals surface area contributed by atoms with Crippen LogP contribution in [0.1, 0.15) is 30.0 Å². The molecule has 1 saturated heterocycles. The molecule has 28 heavy (non-hydrogen) atoms. The Kier molecular flexibility index (Phi) is 5.75. The zero-order valence-electron chi connectivity index (χ0n) is 15.1. The highest BCUT2D eigenvalue weighted by atomic mass is 79.9. The summed E-state index contributed by atoms with van der Waals surface area (Å²) in [5.74, 6) is 1.63. The molecule has 0 radical (unpaired) electrons. The van der Waals surface area contributed by atoms with Crippen LogP contribution in [-0.2, 0) is 0 Å². The Labute approximate surface area is 177 Å². The maximum atomic E-state index is 9.30. The molecule has 7 heteroatoms. The standard InChI is InChI=1S/C21H20BrN3O2S/c22-15-7-5-14(6-8-15)17-9-10-18(27-17)20-19(16-4-1-2-11-23-16)24-21(28)25(20)12-3-13-26/h1-2,4-11,19-20,26H,3,12-13H2,(H,24,28). The van der Waals surface area contributed by atoms with Crippen molar-refractivity contribution in [2.24, 2.45) is 0 Å². The van der Waals surface area contributed by atoms with E-state index < -0.39 is 0 Å². The number of benzene rings is 1. The zero-order chi connectivity index (χ0) is 19.5. The Balaban J connectivity index is 1.70. The Bertz CT molecular complexity index is 946. The van der Waals surface area contributed by atoms with Crippen LogP contribution in [0.2, 0.25) is 0 Å². The van der Waals surface area contributed by atoms with E-state index in [-0.39, 0.29) is 18.7 Å². The number of pyridine rings is 1.